The number of carbonyl (C=O) groups excluding carboxylic acids is 1. The fourth-order valence-electron chi connectivity index (χ4n) is 1.22. The number of aryl methyl sites for hydroxylation is 2. The highest BCUT2D eigenvalue weighted by atomic mass is 79.9. The first-order chi connectivity index (χ1) is 7.04. The summed E-state index contributed by atoms with van der Waals surface area (Å²) in [4.78, 5) is 13.6. The molecule has 0 unspecified atom stereocenters. The van der Waals surface area contributed by atoms with Gasteiger partial charge in [0.15, 0.2) is 0 Å². The standard InChI is InChI=1S/C11H9Br2NO/c1-7-5-9(6-8(2)11(7)13)14-10(15)3-4-12/h5-6H,1-2H3,(H,14,15). The van der Waals surface area contributed by atoms with E-state index in [0.29, 0.717) is 0 Å². The predicted octanol–water partition coefficient (Wildman–Crippen LogP) is 3.36. The zero-order chi connectivity index (χ0) is 11.4. The topological polar surface area (TPSA) is 29.1 Å². The molecule has 0 heterocycles. The van der Waals surface area contributed by atoms with E-state index in [2.05, 4.69) is 47.9 Å². The summed E-state index contributed by atoms with van der Waals surface area (Å²) in [5.74, 6) is 2.03. The summed E-state index contributed by atoms with van der Waals surface area (Å²) < 4.78 is 1.06. The van der Waals surface area contributed by atoms with Gasteiger partial charge in [0, 0.05) is 32.0 Å². The second-order valence-corrected chi connectivity index (χ2v) is 4.29. The lowest BCUT2D eigenvalue weighted by atomic mass is 10.1. The molecule has 0 aliphatic carbocycles. The Labute approximate surface area is 106 Å². The molecule has 78 valence electrons. The van der Waals surface area contributed by atoms with Crippen molar-refractivity contribution >= 4 is 43.5 Å². The first-order valence-corrected chi connectivity index (χ1v) is 5.82. The van der Waals surface area contributed by atoms with Crippen molar-refractivity contribution in [3.05, 3.63) is 27.7 Å². The number of amides is 1. The second kappa shape index (κ2) is 5.34. The molecule has 0 spiro atoms. The van der Waals surface area contributed by atoms with Crippen molar-refractivity contribution in [3.63, 3.8) is 0 Å². The first kappa shape index (κ1) is 12.3. The van der Waals surface area contributed by atoms with Gasteiger partial charge >= 0.3 is 5.91 Å². The molecule has 2 nitrogen and oxygen atoms in total. The van der Waals surface area contributed by atoms with E-state index >= 15 is 0 Å². The van der Waals surface area contributed by atoms with Gasteiger partial charge in [-0.3, -0.25) is 4.79 Å². The number of nitrogens with one attached hydrogen (secondary N) is 1. The first-order valence-electron chi connectivity index (χ1n) is 4.24. The van der Waals surface area contributed by atoms with Crippen molar-refractivity contribution in [1.82, 2.24) is 0 Å². The van der Waals surface area contributed by atoms with Gasteiger partial charge in [-0.2, -0.15) is 0 Å². The maximum atomic E-state index is 11.2. The average molecular weight is 331 g/mol. The minimum atomic E-state index is -0.326. The molecule has 0 aromatic heterocycles. The molecule has 1 aromatic carbocycles. The smallest absolute Gasteiger partial charge is 0.301 e. The number of anilines is 1. The lowest BCUT2D eigenvalue weighted by Crippen LogP contribution is -2.08. The molecule has 15 heavy (non-hydrogen) atoms. The Hall–Kier alpha value is -0.790. The fraction of sp³-hybridized carbons (Fsp3) is 0.182. The van der Waals surface area contributed by atoms with E-state index in [-0.39, 0.29) is 5.91 Å². The van der Waals surface area contributed by atoms with Gasteiger partial charge in [-0.05, 0) is 41.9 Å². The van der Waals surface area contributed by atoms with E-state index in [1.165, 1.54) is 0 Å². The molecule has 1 N–H and O–H groups in total. The normalized spacial score (nSPS) is 9.07. The monoisotopic (exact) mass is 329 g/mol. The van der Waals surface area contributed by atoms with Gasteiger partial charge in [0.05, 0.1) is 0 Å². The van der Waals surface area contributed by atoms with Gasteiger partial charge in [-0.25, -0.2) is 0 Å². The molecule has 1 amide bonds. The maximum absolute atomic E-state index is 11.2. The fourth-order valence-corrected chi connectivity index (χ4v) is 1.63. The third-order valence-electron chi connectivity index (χ3n) is 1.86. The summed E-state index contributed by atoms with van der Waals surface area (Å²) in [6.45, 7) is 3.95. The SMILES string of the molecule is Cc1cc(NC(=O)C#CBr)cc(C)c1Br. The number of hydrogen-bond acceptors (Lipinski definition) is 1. The summed E-state index contributed by atoms with van der Waals surface area (Å²) in [5, 5.41) is 2.69. The van der Waals surface area contributed by atoms with Crippen LogP contribution in [0.2, 0.25) is 0 Å². The zero-order valence-corrected chi connectivity index (χ0v) is 11.5. The Morgan fingerprint density at radius 1 is 1.33 bits per heavy atom. The van der Waals surface area contributed by atoms with Crippen LogP contribution < -0.4 is 5.32 Å². The molecule has 4 heteroatoms. The molecular weight excluding hydrogens is 322 g/mol. The Bertz CT molecular complexity index is 434. The highest BCUT2D eigenvalue weighted by molar-refractivity contribution is 9.12. The average Bonchev–Trinajstić information content (AvgIpc) is 2.14. The Morgan fingerprint density at radius 3 is 2.33 bits per heavy atom. The van der Waals surface area contributed by atoms with Crippen LogP contribution in [0, 0.1) is 24.6 Å². The van der Waals surface area contributed by atoms with Crippen LogP contribution in [0.5, 0.6) is 0 Å². The minimum Gasteiger partial charge on any atom is -0.315 e. The van der Waals surface area contributed by atoms with Crippen molar-refractivity contribution in [2.45, 2.75) is 13.8 Å². The molecule has 1 aromatic rings. The number of hydrogen-bond donors (Lipinski definition) is 1. The maximum Gasteiger partial charge on any atom is 0.301 e. The summed E-state index contributed by atoms with van der Waals surface area (Å²) in [7, 11) is 0. The number of benzene rings is 1. The number of carbonyl (C=O) groups is 1. The summed E-state index contributed by atoms with van der Waals surface area (Å²) in [6.07, 6.45) is 0. The van der Waals surface area contributed by atoms with E-state index in [0.717, 1.165) is 21.3 Å². The summed E-state index contributed by atoms with van der Waals surface area (Å²) in [6, 6.07) is 3.79. The molecule has 0 atom stereocenters. The molecule has 0 aliphatic rings. The molecule has 0 saturated carbocycles. The minimum absolute atomic E-state index is 0.326. The van der Waals surface area contributed by atoms with Crippen molar-refractivity contribution in [2.75, 3.05) is 5.32 Å². The van der Waals surface area contributed by atoms with Crippen LogP contribution in [-0.2, 0) is 4.79 Å². The van der Waals surface area contributed by atoms with Crippen LogP contribution in [-0.4, -0.2) is 5.91 Å². The van der Waals surface area contributed by atoms with Gasteiger partial charge in [0.2, 0.25) is 0 Å². The summed E-state index contributed by atoms with van der Waals surface area (Å²) >= 11 is 6.34. The number of halogens is 2. The predicted molar refractivity (Wildman–Crippen MR) is 68.9 cm³/mol. The lowest BCUT2D eigenvalue weighted by Gasteiger charge is -2.07. The molecule has 0 radical (unpaired) electrons. The van der Waals surface area contributed by atoms with Gasteiger partial charge < -0.3 is 5.32 Å². The molecule has 1 rings (SSSR count). The van der Waals surface area contributed by atoms with E-state index < -0.39 is 0 Å². The highest BCUT2D eigenvalue weighted by Crippen LogP contribution is 2.24. The van der Waals surface area contributed by atoms with Gasteiger partial charge in [-0.1, -0.05) is 15.9 Å². The van der Waals surface area contributed by atoms with E-state index in [9.17, 15) is 4.79 Å². The lowest BCUT2D eigenvalue weighted by molar-refractivity contribution is -0.111. The Morgan fingerprint density at radius 2 is 1.87 bits per heavy atom. The third kappa shape index (κ3) is 3.37. The van der Waals surface area contributed by atoms with Crippen molar-refractivity contribution in [2.24, 2.45) is 0 Å². The van der Waals surface area contributed by atoms with Crippen LogP contribution in [0.4, 0.5) is 5.69 Å². The molecule has 0 fully saturated rings. The van der Waals surface area contributed by atoms with Crippen LogP contribution in [0.1, 0.15) is 11.1 Å². The van der Waals surface area contributed by atoms with Crippen molar-refractivity contribution in [3.8, 4) is 10.8 Å². The van der Waals surface area contributed by atoms with E-state index in [4.69, 9.17) is 0 Å². The Balaban J connectivity index is 2.96. The molecule has 0 saturated heterocycles. The van der Waals surface area contributed by atoms with Crippen LogP contribution in [0.25, 0.3) is 0 Å². The highest BCUT2D eigenvalue weighted by Gasteiger charge is 2.03. The second-order valence-electron chi connectivity index (χ2n) is 3.10. The Kier molecular flexibility index (Phi) is 4.37. The van der Waals surface area contributed by atoms with Crippen molar-refractivity contribution < 1.29 is 4.79 Å². The van der Waals surface area contributed by atoms with Gasteiger partial charge in [-0.15, -0.1) is 0 Å². The van der Waals surface area contributed by atoms with Crippen molar-refractivity contribution in [1.29, 1.82) is 0 Å². The van der Waals surface area contributed by atoms with Gasteiger partial charge in [0.1, 0.15) is 0 Å². The molecule has 0 aliphatic heterocycles. The van der Waals surface area contributed by atoms with Gasteiger partial charge in [0.25, 0.3) is 0 Å². The zero-order valence-electron chi connectivity index (χ0n) is 8.32. The van der Waals surface area contributed by atoms with E-state index in [1.807, 2.05) is 26.0 Å². The van der Waals surface area contributed by atoms with E-state index in [1.54, 1.807) is 0 Å². The molecular formula is C11H9Br2NO. The third-order valence-corrected chi connectivity index (χ3v) is 3.30. The van der Waals surface area contributed by atoms with Crippen LogP contribution >= 0.6 is 31.9 Å². The van der Waals surface area contributed by atoms with Crippen LogP contribution in [0.15, 0.2) is 16.6 Å². The molecule has 0 bridgehead atoms. The largest absolute Gasteiger partial charge is 0.315 e. The quantitative estimate of drug-likeness (QED) is 0.786. The summed E-state index contributed by atoms with van der Waals surface area (Å²) in [5.41, 5.74) is 2.92. The van der Waals surface area contributed by atoms with Crippen LogP contribution in [0.3, 0.4) is 0 Å². The number of rotatable bonds is 1.